The molecule has 3 heterocycles. The van der Waals surface area contributed by atoms with Gasteiger partial charge in [-0.3, -0.25) is 19.5 Å². The standard InChI is InChI=1S/C35H46N6O3/c1-3-38(4-2)27-33(42)40-21-16-35(17-22-40)15-10-20-39(32-25-36-18-19-37-32)23-24-41(26-29-11-6-5-7-12-29)34(43)30-13-8-9-14-31(30)44-28-35/h5-9,11-14,18-19,25H,3-4,10,15-17,20-24,26-28H2,1-2H3. The fourth-order valence-electron chi connectivity index (χ4n) is 6.34. The summed E-state index contributed by atoms with van der Waals surface area (Å²) in [6.45, 7) is 10.8. The van der Waals surface area contributed by atoms with Crippen LogP contribution in [0.3, 0.4) is 0 Å². The van der Waals surface area contributed by atoms with E-state index in [-0.39, 0.29) is 17.2 Å². The molecule has 2 aromatic carbocycles. The molecule has 9 heteroatoms. The topological polar surface area (TPSA) is 82.1 Å². The summed E-state index contributed by atoms with van der Waals surface area (Å²) in [4.78, 5) is 44.6. The van der Waals surface area contributed by atoms with Crippen molar-refractivity contribution < 1.29 is 14.3 Å². The molecular formula is C35H46N6O3. The highest BCUT2D eigenvalue weighted by molar-refractivity contribution is 5.97. The lowest BCUT2D eigenvalue weighted by atomic mass is 9.75. The number of rotatable bonds is 7. The van der Waals surface area contributed by atoms with Crippen molar-refractivity contribution in [2.24, 2.45) is 5.41 Å². The SMILES string of the molecule is CCN(CC)CC(=O)N1CCC2(CCCN(c3cnccn3)CCN(Cc3ccccc3)C(=O)c3ccccc3OC2)CC1. The van der Waals surface area contributed by atoms with Gasteiger partial charge >= 0.3 is 0 Å². The number of fused-ring (bicyclic) bond motifs is 1. The number of aromatic nitrogens is 2. The van der Waals surface area contributed by atoms with E-state index >= 15 is 0 Å². The first-order valence-electron chi connectivity index (χ1n) is 16.1. The molecule has 1 fully saturated rings. The van der Waals surface area contributed by atoms with Crippen molar-refractivity contribution in [2.75, 3.05) is 63.9 Å². The summed E-state index contributed by atoms with van der Waals surface area (Å²) < 4.78 is 6.57. The number of likely N-dealkylation sites (N-methyl/N-ethyl adjacent to an activating group) is 1. The number of piperidine rings is 1. The summed E-state index contributed by atoms with van der Waals surface area (Å²) in [5.74, 6) is 1.60. The summed E-state index contributed by atoms with van der Waals surface area (Å²) in [6.07, 6.45) is 8.87. The average Bonchev–Trinajstić information content (AvgIpc) is 3.08. The van der Waals surface area contributed by atoms with E-state index in [0.717, 1.165) is 69.8 Å². The Bertz CT molecular complexity index is 1340. The summed E-state index contributed by atoms with van der Waals surface area (Å²) in [5.41, 5.74) is 1.57. The van der Waals surface area contributed by atoms with E-state index in [1.165, 1.54) is 0 Å². The lowest BCUT2D eigenvalue weighted by Gasteiger charge is -2.42. The van der Waals surface area contributed by atoms with E-state index < -0.39 is 0 Å². The average molecular weight is 599 g/mol. The third-order valence-corrected chi connectivity index (χ3v) is 9.23. The van der Waals surface area contributed by atoms with Crippen LogP contribution in [0.2, 0.25) is 0 Å². The number of anilines is 1. The molecular weight excluding hydrogens is 552 g/mol. The van der Waals surface area contributed by atoms with Crippen molar-refractivity contribution in [1.82, 2.24) is 24.7 Å². The lowest BCUT2D eigenvalue weighted by molar-refractivity contribution is -0.135. The van der Waals surface area contributed by atoms with Crippen molar-refractivity contribution in [2.45, 2.75) is 46.1 Å². The van der Waals surface area contributed by atoms with E-state index in [9.17, 15) is 9.59 Å². The monoisotopic (exact) mass is 598 g/mol. The Hall–Kier alpha value is -3.98. The Labute approximate surface area is 261 Å². The maximum absolute atomic E-state index is 14.2. The van der Waals surface area contributed by atoms with Gasteiger partial charge in [0.15, 0.2) is 0 Å². The Balaban J connectivity index is 1.40. The second-order valence-electron chi connectivity index (χ2n) is 12.0. The highest BCUT2D eigenvalue weighted by Gasteiger charge is 2.37. The number of hydrogen-bond acceptors (Lipinski definition) is 7. The first kappa shape index (κ1) is 31.4. The van der Waals surface area contributed by atoms with Crippen LogP contribution in [0.25, 0.3) is 0 Å². The fraction of sp³-hybridized carbons (Fsp3) is 0.486. The van der Waals surface area contributed by atoms with Crippen molar-refractivity contribution in [3.8, 4) is 5.75 Å². The van der Waals surface area contributed by atoms with Gasteiger partial charge < -0.3 is 19.4 Å². The maximum atomic E-state index is 14.2. The molecule has 1 saturated heterocycles. The zero-order valence-corrected chi connectivity index (χ0v) is 26.2. The highest BCUT2D eigenvalue weighted by Crippen LogP contribution is 2.38. The van der Waals surface area contributed by atoms with E-state index in [4.69, 9.17) is 4.74 Å². The number of benzene rings is 2. The van der Waals surface area contributed by atoms with Gasteiger partial charge in [-0.2, -0.15) is 0 Å². The van der Waals surface area contributed by atoms with Crippen LogP contribution in [-0.4, -0.2) is 95.4 Å². The summed E-state index contributed by atoms with van der Waals surface area (Å²) in [5, 5.41) is 0. The molecule has 0 radical (unpaired) electrons. The molecule has 0 bridgehead atoms. The zero-order valence-electron chi connectivity index (χ0n) is 26.2. The zero-order chi connectivity index (χ0) is 30.8. The van der Waals surface area contributed by atoms with Gasteiger partial charge in [0.2, 0.25) is 5.91 Å². The molecule has 44 heavy (non-hydrogen) atoms. The third kappa shape index (κ3) is 7.94. The Kier molecular flexibility index (Phi) is 10.8. The minimum atomic E-state index is -0.0893. The molecule has 5 rings (SSSR count). The number of para-hydroxylation sites is 1. The van der Waals surface area contributed by atoms with Crippen LogP contribution < -0.4 is 9.64 Å². The Morgan fingerprint density at radius 1 is 0.909 bits per heavy atom. The van der Waals surface area contributed by atoms with Crippen molar-refractivity contribution in [3.63, 3.8) is 0 Å². The van der Waals surface area contributed by atoms with Crippen molar-refractivity contribution >= 4 is 17.6 Å². The molecule has 3 aromatic rings. The molecule has 2 amide bonds. The second kappa shape index (κ2) is 15.1. The molecule has 2 aliphatic heterocycles. The molecule has 0 atom stereocenters. The number of ether oxygens (including phenoxy) is 1. The predicted molar refractivity (Wildman–Crippen MR) is 173 cm³/mol. The molecule has 1 spiro atoms. The predicted octanol–water partition coefficient (Wildman–Crippen LogP) is 4.75. The first-order valence-corrected chi connectivity index (χ1v) is 16.1. The second-order valence-corrected chi connectivity index (χ2v) is 12.0. The van der Waals surface area contributed by atoms with Crippen molar-refractivity contribution in [1.29, 1.82) is 0 Å². The lowest BCUT2D eigenvalue weighted by Crippen LogP contribution is -2.48. The number of nitrogens with zero attached hydrogens (tertiary/aromatic N) is 6. The van der Waals surface area contributed by atoms with Crippen molar-refractivity contribution in [3.05, 3.63) is 84.3 Å². The number of amides is 2. The molecule has 0 unspecified atom stereocenters. The van der Waals surface area contributed by atoms with Gasteiger partial charge in [0.25, 0.3) is 5.91 Å². The number of likely N-dealkylation sites (tertiary alicyclic amines) is 1. The largest absolute Gasteiger partial charge is 0.492 e. The van der Waals surface area contributed by atoms with E-state index in [2.05, 4.69) is 45.7 Å². The van der Waals surface area contributed by atoms with Crippen LogP contribution in [0.5, 0.6) is 5.75 Å². The van der Waals surface area contributed by atoms with Gasteiger partial charge in [-0.05, 0) is 56.5 Å². The van der Waals surface area contributed by atoms with Gasteiger partial charge in [-0.15, -0.1) is 0 Å². The normalized spacial score (nSPS) is 17.8. The quantitative estimate of drug-likeness (QED) is 0.388. The number of hydrogen-bond donors (Lipinski definition) is 0. The fourth-order valence-corrected chi connectivity index (χ4v) is 6.34. The summed E-state index contributed by atoms with van der Waals surface area (Å²) in [7, 11) is 0. The van der Waals surface area contributed by atoms with Gasteiger partial charge in [0, 0.05) is 57.1 Å². The molecule has 2 aliphatic rings. The van der Waals surface area contributed by atoms with Crippen LogP contribution in [0.1, 0.15) is 55.5 Å². The highest BCUT2D eigenvalue weighted by atomic mass is 16.5. The minimum Gasteiger partial charge on any atom is -0.492 e. The van der Waals surface area contributed by atoms with Gasteiger partial charge in [-0.25, -0.2) is 4.98 Å². The Morgan fingerprint density at radius 3 is 2.39 bits per heavy atom. The molecule has 9 nitrogen and oxygen atoms in total. The third-order valence-electron chi connectivity index (χ3n) is 9.23. The first-order chi connectivity index (χ1) is 21.5. The van der Waals surface area contributed by atoms with Gasteiger partial charge in [0.05, 0.1) is 24.9 Å². The van der Waals surface area contributed by atoms with E-state index in [1.807, 2.05) is 52.3 Å². The van der Waals surface area contributed by atoms with Gasteiger partial charge in [-0.1, -0.05) is 56.3 Å². The Morgan fingerprint density at radius 2 is 1.66 bits per heavy atom. The van der Waals surface area contributed by atoms with Crippen LogP contribution in [-0.2, 0) is 11.3 Å². The summed E-state index contributed by atoms with van der Waals surface area (Å²) in [6, 6.07) is 17.7. The minimum absolute atomic E-state index is 0.0475. The summed E-state index contributed by atoms with van der Waals surface area (Å²) >= 11 is 0. The molecule has 0 N–H and O–H groups in total. The van der Waals surface area contributed by atoms with Crippen LogP contribution in [0, 0.1) is 5.41 Å². The molecule has 1 aromatic heterocycles. The number of carbonyl (C=O) groups excluding carboxylic acids is 2. The van der Waals surface area contributed by atoms with Crippen LogP contribution >= 0.6 is 0 Å². The van der Waals surface area contributed by atoms with Gasteiger partial charge in [0.1, 0.15) is 11.6 Å². The van der Waals surface area contributed by atoms with E-state index in [0.29, 0.717) is 44.1 Å². The van der Waals surface area contributed by atoms with Crippen LogP contribution in [0.15, 0.2) is 73.2 Å². The molecule has 0 saturated carbocycles. The maximum Gasteiger partial charge on any atom is 0.257 e. The molecule has 0 aliphatic carbocycles. The van der Waals surface area contributed by atoms with E-state index in [1.54, 1.807) is 18.6 Å². The number of carbonyl (C=O) groups is 2. The van der Waals surface area contributed by atoms with Crippen LogP contribution in [0.4, 0.5) is 5.82 Å². The smallest absolute Gasteiger partial charge is 0.257 e. The molecule has 234 valence electrons.